The Morgan fingerprint density at radius 3 is 2.36 bits per heavy atom. The third-order valence-corrected chi connectivity index (χ3v) is 1.16. The summed E-state index contributed by atoms with van der Waals surface area (Å²) in [5.74, 6) is -0.635. The maximum Gasteiger partial charge on any atom is 0.159 e. The van der Waals surface area contributed by atoms with Gasteiger partial charge in [0.25, 0.3) is 0 Å². The maximum atomic E-state index is 11.1. The van der Waals surface area contributed by atoms with Crippen molar-refractivity contribution in [3.05, 3.63) is 29.7 Å². The van der Waals surface area contributed by atoms with Gasteiger partial charge >= 0.3 is 0 Å². The highest BCUT2D eigenvalue weighted by atomic mass is 16.5. The van der Waals surface area contributed by atoms with Crippen LogP contribution in [0.4, 0.5) is 0 Å². The van der Waals surface area contributed by atoms with Gasteiger partial charge in [0.1, 0.15) is 5.75 Å². The molecule has 0 amide bonds. The molecule has 0 radical (unpaired) electrons. The summed E-state index contributed by atoms with van der Waals surface area (Å²) in [4.78, 5) is 11.1. The van der Waals surface area contributed by atoms with Gasteiger partial charge in [0.05, 0.1) is 12.6 Å². The van der Waals surface area contributed by atoms with Crippen LogP contribution in [0.5, 0.6) is 5.75 Å². The number of hydrogen-bond donors (Lipinski definition) is 0. The van der Waals surface area contributed by atoms with Crippen molar-refractivity contribution in [1.29, 1.82) is 0 Å². The maximum absolute atomic E-state index is 11.1. The molecule has 0 heterocycles. The van der Waals surface area contributed by atoms with Crippen LogP contribution in [-0.2, 0) is 0 Å². The molecule has 2 heteroatoms. The number of benzene rings is 1. The number of carbonyl (C=O) groups is 1. The van der Waals surface area contributed by atoms with Crippen LogP contribution in [0.3, 0.4) is 0 Å². The average molecular weight is 154 g/mol. The Morgan fingerprint density at radius 1 is 1.45 bits per heavy atom. The van der Waals surface area contributed by atoms with E-state index in [1.165, 1.54) is 14.0 Å². The molecule has 2 nitrogen and oxygen atoms in total. The van der Waals surface area contributed by atoms with Crippen molar-refractivity contribution >= 4 is 5.78 Å². The smallest absolute Gasteiger partial charge is 0.159 e. The summed E-state index contributed by atoms with van der Waals surface area (Å²) in [6.45, 7) is 1.21. The van der Waals surface area contributed by atoms with Gasteiger partial charge in [-0.25, -0.2) is 0 Å². The Bertz CT molecular complexity index is 400. The van der Waals surface area contributed by atoms with Gasteiger partial charge in [0, 0.05) is 5.56 Å². The minimum Gasteiger partial charge on any atom is -0.497 e. The van der Waals surface area contributed by atoms with Gasteiger partial charge in [0.15, 0.2) is 5.78 Å². The Labute approximate surface area is 71.4 Å². The summed E-state index contributed by atoms with van der Waals surface area (Å²) in [5, 5.41) is 0. The number of rotatable bonds is 2. The second kappa shape index (κ2) is 3.19. The third-order valence-electron chi connectivity index (χ3n) is 1.16. The fourth-order valence-corrected chi connectivity index (χ4v) is 0.579. The second-order valence-electron chi connectivity index (χ2n) is 1.96. The predicted molar refractivity (Wildman–Crippen MR) is 43.0 cm³/mol. The summed E-state index contributed by atoms with van der Waals surface area (Å²) in [6.07, 6.45) is 0. The highest BCUT2D eigenvalue weighted by Gasteiger charge is 1.97. The van der Waals surface area contributed by atoms with Gasteiger partial charge in [0.2, 0.25) is 0 Å². The standard InChI is InChI=1S/C9H10O2/c1-7(10)8-3-5-9(11-2)6-4-8/h3-6H,1-2H3/i3D,4D,5D,6D. The first-order valence-corrected chi connectivity index (χ1v) is 3.07. The fraction of sp³-hybridized carbons (Fsp3) is 0.222. The van der Waals surface area contributed by atoms with Gasteiger partial charge in [-0.3, -0.25) is 4.79 Å². The van der Waals surface area contributed by atoms with Crippen LogP contribution in [-0.4, -0.2) is 12.9 Å². The van der Waals surface area contributed by atoms with E-state index in [4.69, 9.17) is 10.2 Å². The summed E-state index contributed by atoms with van der Waals surface area (Å²) >= 11 is 0. The minimum absolute atomic E-state index is 0.144. The van der Waals surface area contributed by atoms with Crippen molar-refractivity contribution in [1.82, 2.24) is 0 Å². The number of methoxy groups -OCH3 is 1. The summed E-state index contributed by atoms with van der Waals surface area (Å²) < 4.78 is 34.8. The monoisotopic (exact) mass is 154 g/mol. The van der Waals surface area contributed by atoms with Gasteiger partial charge in [-0.2, -0.15) is 0 Å². The van der Waals surface area contributed by atoms with Crippen LogP contribution in [0.25, 0.3) is 0 Å². The van der Waals surface area contributed by atoms with E-state index in [0.29, 0.717) is 0 Å². The number of carbonyl (C=O) groups excluding carboxylic acids is 1. The van der Waals surface area contributed by atoms with Crippen molar-refractivity contribution in [2.24, 2.45) is 0 Å². The molecular formula is C9H10O2. The van der Waals surface area contributed by atoms with Gasteiger partial charge < -0.3 is 4.74 Å². The quantitative estimate of drug-likeness (QED) is 0.608. The van der Waals surface area contributed by atoms with E-state index in [-0.39, 0.29) is 35.5 Å². The molecule has 0 aliphatic rings. The normalized spacial score (nSPS) is 14.4. The number of ether oxygens (including phenoxy) is 1. The first kappa shape index (κ1) is 3.90. The zero-order chi connectivity index (χ0) is 11.7. The average Bonchev–Trinajstić information content (AvgIpc) is 2.16. The number of ketones is 1. The lowest BCUT2D eigenvalue weighted by Crippen LogP contribution is -1.91. The topological polar surface area (TPSA) is 26.3 Å². The van der Waals surface area contributed by atoms with Gasteiger partial charge in [-0.15, -0.1) is 0 Å². The molecule has 1 aromatic rings. The van der Waals surface area contributed by atoms with E-state index < -0.39 is 5.78 Å². The largest absolute Gasteiger partial charge is 0.497 e. The molecule has 0 spiro atoms. The predicted octanol–water partition coefficient (Wildman–Crippen LogP) is 1.90. The molecule has 1 rings (SSSR count). The van der Waals surface area contributed by atoms with Crippen molar-refractivity contribution < 1.29 is 15.0 Å². The van der Waals surface area contributed by atoms with Crippen LogP contribution in [0.1, 0.15) is 22.8 Å². The summed E-state index contributed by atoms with van der Waals surface area (Å²) in [6, 6.07) is -1.38. The van der Waals surface area contributed by atoms with Crippen molar-refractivity contribution in [2.45, 2.75) is 6.92 Å². The van der Waals surface area contributed by atoms with E-state index in [2.05, 4.69) is 0 Å². The zero-order valence-electron chi connectivity index (χ0n) is 10.3. The summed E-state index contributed by atoms with van der Waals surface area (Å²) in [7, 11) is 1.26. The number of Topliss-reactive ketones (excluding diaryl/α,β-unsaturated/α-hetero) is 1. The van der Waals surface area contributed by atoms with Crippen LogP contribution in [0.15, 0.2) is 24.2 Å². The molecular weight excluding hydrogens is 140 g/mol. The summed E-state index contributed by atoms with van der Waals surface area (Å²) in [5.41, 5.74) is -0.203. The van der Waals surface area contributed by atoms with Crippen LogP contribution in [0, 0.1) is 0 Å². The number of hydrogen-bond acceptors (Lipinski definition) is 2. The van der Waals surface area contributed by atoms with Gasteiger partial charge in [-0.05, 0) is 31.1 Å². The molecule has 0 N–H and O–H groups in total. The van der Waals surface area contributed by atoms with Crippen molar-refractivity contribution in [3.63, 3.8) is 0 Å². The molecule has 0 aliphatic carbocycles. The molecule has 11 heavy (non-hydrogen) atoms. The second-order valence-corrected chi connectivity index (χ2v) is 1.96. The SMILES string of the molecule is [2H]c1c([2H])c(C(C)=O)c([2H])c([2H])c1OC. The minimum atomic E-state index is -0.491. The highest BCUT2D eigenvalue weighted by Crippen LogP contribution is 2.11. The molecule has 0 saturated heterocycles. The van der Waals surface area contributed by atoms with E-state index in [1.807, 2.05) is 0 Å². The Balaban J connectivity index is 3.66. The van der Waals surface area contributed by atoms with Gasteiger partial charge in [-0.1, -0.05) is 0 Å². The van der Waals surface area contributed by atoms with Crippen molar-refractivity contribution in [2.75, 3.05) is 7.11 Å². The first-order valence-electron chi connectivity index (χ1n) is 5.07. The molecule has 0 saturated carbocycles. The zero-order valence-corrected chi connectivity index (χ0v) is 6.32. The molecule has 0 bridgehead atoms. The molecule has 0 aliphatic heterocycles. The lowest BCUT2D eigenvalue weighted by Gasteiger charge is -1.98. The Morgan fingerprint density at radius 2 is 2.00 bits per heavy atom. The van der Waals surface area contributed by atoms with Crippen LogP contribution >= 0.6 is 0 Å². The molecule has 0 unspecified atom stereocenters. The fourth-order valence-electron chi connectivity index (χ4n) is 0.579. The Kier molecular flexibility index (Phi) is 1.13. The lowest BCUT2D eigenvalue weighted by molar-refractivity contribution is 0.101. The Hall–Kier alpha value is -1.31. The first-order chi connectivity index (χ1) is 6.91. The van der Waals surface area contributed by atoms with Crippen molar-refractivity contribution in [3.8, 4) is 5.75 Å². The molecule has 0 aromatic heterocycles. The highest BCUT2D eigenvalue weighted by molar-refractivity contribution is 5.94. The molecule has 0 fully saturated rings. The van der Waals surface area contributed by atoms with E-state index >= 15 is 0 Å². The molecule has 0 atom stereocenters. The molecule has 1 aromatic carbocycles. The molecule has 58 valence electrons. The third kappa shape index (κ3) is 1.80. The van der Waals surface area contributed by atoms with Crippen LogP contribution in [0.2, 0.25) is 0 Å². The van der Waals surface area contributed by atoms with E-state index in [9.17, 15) is 4.79 Å². The van der Waals surface area contributed by atoms with Crippen LogP contribution < -0.4 is 4.74 Å². The van der Waals surface area contributed by atoms with E-state index in [1.54, 1.807) is 0 Å². The van der Waals surface area contributed by atoms with E-state index in [0.717, 1.165) is 0 Å². The lowest BCUT2D eigenvalue weighted by atomic mass is 10.1.